The summed E-state index contributed by atoms with van der Waals surface area (Å²) in [7, 11) is 0. The number of amides is 1. The first kappa shape index (κ1) is 21.8. The van der Waals surface area contributed by atoms with Gasteiger partial charge in [0.15, 0.2) is 0 Å². The van der Waals surface area contributed by atoms with Gasteiger partial charge in [-0.3, -0.25) is 14.4 Å². The van der Waals surface area contributed by atoms with E-state index in [2.05, 4.69) is 57.1 Å². The van der Waals surface area contributed by atoms with Crippen molar-refractivity contribution in [3.63, 3.8) is 0 Å². The van der Waals surface area contributed by atoms with Crippen LogP contribution in [0.5, 0.6) is 0 Å². The van der Waals surface area contributed by atoms with Crippen molar-refractivity contribution in [3.8, 4) is 0 Å². The number of fused-ring (bicyclic) bond motifs is 1. The van der Waals surface area contributed by atoms with Crippen molar-refractivity contribution in [2.75, 3.05) is 50.8 Å². The van der Waals surface area contributed by atoms with Gasteiger partial charge in [0.1, 0.15) is 0 Å². The lowest BCUT2D eigenvalue weighted by Gasteiger charge is -2.36. The molecule has 3 heterocycles. The number of aromatic nitrogens is 2. The number of hydrogen-bond acceptors (Lipinski definition) is 5. The Hall–Kier alpha value is -2.38. The van der Waals surface area contributed by atoms with E-state index in [0.29, 0.717) is 26.0 Å². The minimum Gasteiger partial charge on any atom is -0.376 e. The van der Waals surface area contributed by atoms with E-state index in [1.165, 1.54) is 16.9 Å². The number of carbonyl (C=O) groups excluding carboxylic acids is 1. The van der Waals surface area contributed by atoms with Gasteiger partial charge in [0, 0.05) is 82.0 Å². The Kier molecular flexibility index (Phi) is 7.59. The van der Waals surface area contributed by atoms with E-state index in [1.54, 1.807) is 0 Å². The van der Waals surface area contributed by atoms with E-state index in [0.717, 1.165) is 64.4 Å². The van der Waals surface area contributed by atoms with Crippen LogP contribution in [0.1, 0.15) is 36.7 Å². The van der Waals surface area contributed by atoms with Crippen LogP contribution in [0, 0.1) is 0 Å². The Balaban J connectivity index is 1.17. The molecule has 4 rings (SSSR count). The predicted octanol–water partition coefficient (Wildman–Crippen LogP) is 2.24. The molecule has 0 atom stereocenters. The highest BCUT2D eigenvalue weighted by Gasteiger charge is 2.21. The van der Waals surface area contributed by atoms with Crippen LogP contribution in [0.3, 0.4) is 0 Å². The molecule has 1 amide bonds. The number of benzene rings is 1. The number of rotatable bonds is 9. The van der Waals surface area contributed by atoms with Gasteiger partial charge >= 0.3 is 0 Å². The fraction of sp³-hybridized carbons (Fsp3) is 0.583. The van der Waals surface area contributed by atoms with E-state index in [4.69, 9.17) is 9.84 Å². The molecular weight excluding hydrogens is 390 g/mol. The number of carbonyl (C=O) groups is 1. The number of piperazine rings is 1. The molecule has 7 heteroatoms. The Morgan fingerprint density at radius 2 is 1.94 bits per heavy atom. The smallest absolute Gasteiger partial charge is 0.220 e. The third-order valence-electron chi connectivity index (χ3n) is 6.25. The quantitative estimate of drug-likeness (QED) is 0.668. The molecule has 1 N–H and O–H groups in total. The van der Waals surface area contributed by atoms with Crippen molar-refractivity contribution in [1.29, 1.82) is 0 Å². The molecular formula is C24H35N5O2. The summed E-state index contributed by atoms with van der Waals surface area (Å²) < 4.78 is 7.77. The molecule has 7 nitrogen and oxygen atoms in total. The van der Waals surface area contributed by atoms with E-state index in [1.807, 2.05) is 0 Å². The van der Waals surface area contributed by atoms with Crippen LogP contribution in [0.2, 0.25) is 0 Å². The van der Waals surface area contributed by atoms with Crippen LogP contribution in [0.15, 0.2) is 30.3 Å². The molecule has 1 aromatic carbocycles. The van der Waals surface area contributed by atoms with Gasteiger partial charge in [-0.15, -0.1) is 0 Å². The van der Waals surface area contributed by atoms with E-state index in [-0.39, 0.29) is 5.91 Å². The maximum absolute atomic E-state index is 12.4. The maximum Gasteiger partial charge on any atom is 0.220 e. The van der Waals surface area contributed by atoms with Crippen molar-refractivity contribution in [1.82, 2.24) is 20.0 Å². The van der Waals surface area contributed by atoms with E-state index in [9.17, 15) is 4.79 Å². The molecule has 0 aliphatic carbocycles. The summed E-state index contributed by atoms with van der Waals surface area (Å²) in [4.78, 5) is 17.3. The first-order chi connectivity index (χ1) is 15.2. The van der Waals surface area contributed by atoms with Gasteiger partial charge in [-0.25, -0.2) is 0 Å². The van der Waals surface area contributed by atoms with Gasteiger partial charge in [-0.2, -0.15) is 5.10 Å². The number of ether oxygens (including phenoxy) is 1. The summed E-state index contributed by atoms with van der Waals surface area (Å²) in [6, 6.07) is 10.6. The normalized spacial score (nSPS) is 16.9. The molecule has 1 saturated heterocycles. The number of nitrogens with one attached hydrogen (secondary N) is 1. The molecule has 2 aliphatic heterocycles. The highest BCUT2D eigenvalue weighted by atomic mass is 16.5. The number of aryl methyl sites for hydroxylation is 2. The van der Waals surface area contributed by atoms with Crippen molar-refractivity contribution in [3.05, 3.63) is 47.3 Å². The average Bonchev–Trinajstić information content (AvgIpc) is 3.17. The topological polar surface area (TPSA) is 62.6 Å². The van der Waals surface area contributed by atoms with Gasteiger partial charge in [-0.1, -0.05) is 25.1 Å². The Bertz CT molecular complexity index is 843. The van der Waals surface area contributed by atoms with Crippen molar-refractivity contribution < 1.29 is 9.53 Å². The summed E-state index contributed by atoms with van der Waals surface area (Å²) in [5.74, 6) is 0.110. The molecule has 0 spiro atoms. The highest BCUT2D eigenvalue weighted by molar-refractivity contribution is 5.76. The summed E-state index contributed by atoms with van der Waals surface area (Å²) in [5, 5.41) is 7.88. The highest BCUT2D eigenvalue weighted by Crippen LogP contribution is 2.22. The summed E-state index contributed by atoms with van der Waals surface area (Å²) in [6.45, 7) is 10.2. The second-order valence-corrected chi connectivity index (χ2v) is 8.41. The molecule has 0 radical (unpaired) electrons. The van der Waals surface area contributed by atoms with Crippen LogP contribution in [0.4, 0.5) is 5.69 Å². The zero-order chi connectivity index (χ0) is 21.5. The van der Waals surface area contributed by atoms with Gasteiger partial charge in [0.25, 0.3) is 0 Å². The van der Waals surface area contributed by atoms with Crippen LogP contribution >= 0.6 is 0 Å². The molecule has 2 aromatic rings. The minimum atomic E-state index is 0.110. The first-order valence-corrected chi connectivity index (χ1v) is 11.7. The lowest BCUT2D eigenvalue weighted by molar-refractivity contribution is -0.121. The van der Waals surface area contributed by atoms with Gasteiger partial charge in [0.05, 0.1) is 18.9 Å². The third kappa shape index (κ3) is 5.66. The number of hydrogen-bond donors (Lipinski definition) is 1. The van der Waals surface area contributed by atoms with E-state index >= 15 is 0 Å². The zero-order valence-electron chi connectivity index (χ0n) is 18.7. The molecule has 0 saturated carbocycles. The Labute approximate surface area is 185 Å². The second-order valence-electron chi connectivity index (χ2n) is 8.41. The predicted molar refractivity (Wildman–Crippen MR) is 122 cm³/mol. The van der Waals surface area contributed by atoms with Gasteiger partial charge in [-0.05, 0) is 18.6 Å². The largest absolute Gasteiger partial charge is 0.376 e. The van der Waals surface area contributed by atoms with Crippen molar-refractivity contribution >= 4 is 11.6 Å². The van der Waals surface area contributed by atoms with Crippen LogP contribution in [-0.2, 0) is 35.5 Å². The standard InChI is InChI=1S/C24H35N5O2/c1-2-12-29-23-10-18-31-19-21(23)22(26-29)8-9-24(30)25-11-13-27-14-16-28(17-15-27)20-6-4-3-5-7-20/h3-7H,2,8-19H2,1H3,(H,25,30). The molecule has 1 aromatic heterocycles. The Morgan fingerprint density at radius 3 is 2.71 bits per heavy atom. The van der Waals surface area contributed by atoms with Gasteiger partial charge < -0.3 is 15.0 Å². The number of anilines is 1. The molecule has 0 bridgehead atoms. The fourth-order valence-electron chi connectivity index (χ4n) is 4.52. The van der Waals surface area contributed by atoms with Crippen LogP contribution in [0.25, 0.3) is 0 Å². The molecule has 31 heavy (non-hydrogen) atoms. The molecule has 1 fully saturated rings. The lowest BCUT2D eigenvalue weighted by atomic mass is 10.1. The molecule has 168 valence electrons. The third-order valence-corrected chi connectivity index (χ3v) is 6.25. The monoisotopic (exact) mass is 425 g/mol. The van der Waals surface area contributed by atoms with Crippen molar-refractivity contribution in [2.45, 2.75) is 45.8 Å². The van der Waals surface area contributed by atoms with Crippen molar-refractivity contribution in [2.24, 2.45) is 0 Å². The van der Waals surface area contributed by atoms with Crippen LogP contribution < -0.4 is 10.2 Å². The van der Waals surface area contributed by atoms with Crippen LogP contribution in [-0.4, -0.2) is 66.5 Å². The summed E-state index contributed by atoms with van der Waals surface area (Å²) in [5.41, 5.74) is 4.85. The second kappa shape index (κ2) is 10.8. The number of nitrogens with zero attached hydrogens (tertiary/aromatic N) is 4. The fourth-order valence-corrected chi connectivity index (χ4v) is 4.52. The SMILES string of the molecule is CCCn1nc(CCC(=O)NCCN2CCN(c3ccccc3)CC2)c2c1CCOC2. The van der Waals surface area contributed by atoms with Gasteiger partial charge in [0.2, 0.25) is 5.91 Å². The number of para-hydroxylation sites is 1. The maximum atomic E-state index is 12.4. The lowest BCUT2D eigenvalue weighted by Crippen LogP contribution is -2.48. The zero-order valence-corrected chi connectivity index (χ0v) is 18.7. The molecule has 0 unspecified atom stereocenters. The summed E-state index contributed by atoms with van der Waals surface area (Å²) >= 11 is 0. The molecule has 2 aliphatic rings. The summed E-state index contributed by atoms with van der Waals surface area (Å²) in [6.07, 6.45) is 3.15. The minimum absolute atomic E-state index is 0.110. The Morgan fingerprint density at radius 1 is 1.13 bits per heavy atom. The van der Waals surface area contributed by atoms with E-state index < -0.39 is 0 Å². The first-order valence-electron chi connectivity index (χ1n) is 11.7. The average molecular weight is 426 g/mol.